The van der Waals surface area contributed by atoms with Crippen LogP contribution in [0.15, 0.2) is 24.3 Å². The van der Waals surface area contributed by atoms with Gasteiger partial charge in [0.05, 0.1) is 0 Å². The van der Waals surface area contributed by atoms with Crippen LogP contribution in [-0.4, -0.2) is 29.5 Å². The molecule has 0 saturated carbocycles. The highest BCUT2D eigenvalue weighted by molar-refractivity contribution is 5.31. The lowest BCUT2D eigenvalue weighted by Crippen LogP contribution is -2.55. The number of nitrogens with zero attached hydrogens (tertiary/aromatic N) is 6. The van der Waals surface area contributed by atoms with Crippen molar-refractivity contribution < 1.29 is 29.5 Å². The second-order valence-electron chi connectivity index (χ2n) is 4.36. The minimum absolute atomic E-state index is 0.217. The first-order valence-electron chi connectivity index (χ1n) is 5.86. The van der Waals surface area contributed by atoms with Gasteiger partial charge >= 0.3 is 11.6 Å². The van der Waals surface area contributed by atoms with E-state index in [-0.39, 0.29) is 12.1 Å². The Morgan fingerprint density at radius 2 is 0.692 bits per heavy atom. The van der Waals surface area contributed by atoms with Crippen molar-refractivity contribution in [3.8, 4) is 0 Å². The van der Waals surface area contributed by atoms with Crippen LogP contribution in [0.5, 0.6) is 0 Å². The fourth-order valence-electron chi connectivity index (χ4n) is 2.06. The zero-order chi connectivity index (χ0) is 20.4. The molecule has 0 N–H and O–H groups in total. The Kier molecular flexibility index (Phi) is 4.73. The van der Waals surface area contributed by atoms with Gasteiger partial charge in [-0.05, 0) is 12.1 Å². The molecule has 0 amide bonds. The highest BCUT2D eigenvalue weighted by Gasteiger charge is 2.81. The molecule has 0 fully saturated rings. The molecule has 0 saturated heterocycles. The fraction of sp³-hybridized carbons (Fsp3) is 0.250. The highest BCUT2D eigenvalue weighted by atomic mass is 16.7. The van der Waals surface area contributed by atoms with Crippen molar-refractivity contribution in [1.29, 1.82) is 0 Å². The SMILES string of the molecule is O=[N+]([O-])C(c1ccccc1C([N+](=O)[O-])([N+](=O)[O-])[N+](=O)[O-])([N+](=O)[O-])[N+](=O)[O-]. The summed E-state index contributed by atoms with van der Waals surface area (Å²) in [5.74, 6) is -9.10. The predicted octanol–water partition coefficient (Wildman–Crippen LogP) is -0.433. The molecular weight excluding hydrogens is 372 g/mol. The van der Waals surface area contributed by atoms with Gasteiger partial charge in [0.2, 0.25) is 11.1 Å². The van der Waals surface area contributed by atoms with Gasteiger partial charge in [-0.25, -0.2) is 0 Å². The van der Waals surface area contributed by atoms with Crippen molar-refractivity contribution >= 4 is 0 Å². The molecule has 1 aromatic carbocycles. The maximum absolute atomic E-state index is 11.1. The van der Waals surface area contributed by atoms with Crippen LogP contribution in [0.1, 0.15) is 11.1 Å². The van der Waals surface area contributed by atoms with Crippen molar-refractivity contribution in [2.75, 3.05) is 0 Å². The Labute approximate surface area is 138 Å². The standard InChI is InChI=1S/C8H4N6O12/c15-9(16)7(10(17)18,11(19)20)5-3-1-2-4-6(5)8(12(21)22,13(23)24)14(25)26/h1-4H. The molecule has 0 aliphatic rings. The molecular formula is C8H4N6O12. The second kappa shape index (κ2) is 6.26. The maximum atomic E-state index is 11.1. The zero-order valence-electron chi connectivity index (χ0n) is 11.9. The summed E-state index contributed by atoms with van der Waals surface area (Å²) in [4.78, 5) is 54.1. The van der Waals surface area contributed by atoms with Crippen LogP contribution in [0.2, 0.25) is 0 Å². The Balaban J connectivity index is 4.20. The van der Waals surface area contributed by atoms with Crippen LogP contribution in [0.4, 0.5) is 0 Å². The summed E-state index contributed by atoms with van der Waals surface area (Å²) in [5, 5.41) is 66.6. The molecule has 18 nitrogen and oxygen atoms in total. The lowest BCUT2D eigenvalue weighted by molar-refractivity contribution is -0.995. The van der Waals surface area contributed by atoms with Gasteiger partial charge in [0.25, 0.3) is 0 Å². The van der Waals surface area contributed by atoms with Crippen LogP contribution in [0.25, 0.3) is 0 Å². The van der Waals surface area contributed by atoms with Crippen LogP contribution in [-0.2, 0) is 11.6 Å². The van der Waals surface area contributed by atoms with Crippen LogP contribution in [0, 0.1) is 60.7 Å². The van der Waals surface area contributed by atoms with Gasteiger partial charge in [-0.1, -0.05) is 12.1 Å². The largest absolute Gasteiger partial charge is 0.729 e. The fourth-order valence-corrected chi connectivity index (χ4v) is 2.06. The number of hydrogen-bond acceptors (Lipinski definition) is 12. The summed E-state index contributed by atoms with van der Waals surface area (Å²) in [5.41, 5.74) is -3.63. The first-order chi connectivity index (χ1) is 11.9. The van der Waals surface area contributed by atoms with Gasteiger partial charge in [0.15, 0.2) is 29.5 Å². The molecule has 1 aromatic rings. The molecule has 0 aromatic heterocycles. The number of nitro groups is 6. The minimum atomic E-state index is -4.55. The summed E-state index contributed by atoms with van der Waals surface area (Å²) in [6.07, 6.45) is 0. The average Bonchev–Trinajstić information content (AvgIpc) is 2.47. The molecule has 18 heteroatoms. The van der Waals surface area contributed by atoms with Crippen molar-refractivity contribution in [2.24, 2.45) is 0 Å². The van der Waals surface area contributed by atoms with Gasteiger partial charge in [-0.15, -0.1) is 0 Å². The van der Waals surface area contributed by atoms with E-state index in [0.29, 0.717) is 12.1 Å². The minimum Gasteiger partial charge on any atom is -0.252 e. The van der Waals surface area contributed by atoms with Gasteiger partial charge in [-0.2, -0.15) is 0 Å². The number of benzene rings is 1. The van der Waals surface area contributed by atoms with Gasteiger partial charge in [0, 0.05) is 0 Å². The average molecular weight is 376 g/mol. The third kappa shape index (κ3) is 2.28. The van der Waals surface area contributed by atoms with Gasteiger partial charge in [0.1, 0.15) is 0 Å². The first-order valence-corrected chi connectivity index (χ1v) is 5.86. The van der Waals surface area contributed by atoms with E-state index >= 15 is 0 Å². The lowest BCUT2D eigenvalue weighted by atomic mass is 9.96. The quantitative estimate of drug-likeness (QED) is 0.317. The van der Waals surface area contributed by atoms with E-state index in [1.54, 1.807) is 0 Å². The second-order valence-corrected chi connectivity index (χ2v) is 4.36. The molecule has 1 rings (SSSR count). The molecule has 0 bridgehead atoms. The van der Waals surface area contributed by atoms with Gasteiger partial charge in [-0.3, -0.25) is 60.7 Å². The van der Waals surface area contributed by atoms with Crippen molar-refractivity contribution in [3.05, 3.63) is 96.1 Å². The Bertz CT molecular complexity index is 709. The van der Waals surface area contributed by atoms with E-state index in [4.69, 9.17) is 0 Å². The van der Waals surface area contributed by atoms with Crippen molar-refractivity contribution in [3.63, 3.8) is 0 Å². The summed E-state index contributed by atoms with van der Waals surface area (Å²) in [6, 6.07) is 1.81. The number of rotatable bonds is 8. The van der Waals surface area contributed by atoms with E-state index in [1.165, 1.54) is 0 Å². The van der Waals surface area contributed by atoms with E-state index in [1.807, 2.05) is 0 Å². The Morgan fingerprint density at radius 3 is 0.846 bits per heavy atom. The third-order valence-electron chi connectivity index (χ3n) is 3.18. The summed E-state index contributed by atoms with van der Waals surface area (Å²) >= 11 is 0. The monoisotopic (exact) mass is 376 g/mol. The first kappa shape index (κ1) is 19.7. The molecule has 0 unspecified atom stereocenters. The van der Waals surface area contributed by atoms with E-state index < -0.39 is 52.2 Å². The van der Waals surface area contributed by atoms with Crippen LogP contribution < -0.4 is 0 Å². The molecule has 0 atom stereocenters. The van der Waals surface area contributed by atoms with E-state index in [9.17, 15) is 60.7 Å². The Hall–Kier alpha value is -4.38. The molecule has 0 aliphatic carbocycles. The van der Waals surface area contributed by atoms with E-state index in [2.05, 4.69) is 0 Å². The Morgan fingerprint density at radius 1 is 0.500 bits per heavy atom. The molecule has 0 heterocycles. The highest BCUT2D eigenvalue weighted by Crippen LogP contribution is 2.37. The normalized spacial score (nSPS) is 11.4. The summed E-state index contributed by atoms with van der Waals surface area (Å²) in [7, 11) is 0. The predicted molar refractivity (Wildman–Crippen MR) is 71.8 cm³/mol. The smallest absolute Gasteiger partial charge is 0.252 e. The summed E-state index contributed by atoms with van der Waals surface area (Å²) in [6.45, 7) is 0. The topological polar surface area (TPSA) is 259 Å². The van der Waals surface area contributed by atoms with Gasteiger partial charge < -0.3 is 0 Å². The molecule has 138 valence electrons. The molecule has 0 spiro atoms. The molecule has 26 heavy (non-hydrogen) atoms. The van der Waals surface area contributed by atoms with E-state index in [0.717, 1.165) is 0 Å². The van der Waals surface area contributed by atoms with Crippen LogP contribution in [0.3, 0.4) is 0 Å². The summed E-state index contributed by atoms with van der Waals surface area (Å²) < 4.78 is 0. The molecule has 0 radical (unpaired) electrons. The van der Waals surface area contributed by atoms with Crippen molar-refractivity contribution in [1.82, 2.24) is 0 Å². The van der Waals surface area contributed by atoms with Crippen molar-refractivity contribution in [2.45, 2.75) is 11.6 Å². The maximum Gasteiger partial charge on any atom is 0.729 e. The number of hydrogen-bond donors (Lipinski definition) is 0. The third-order valence-corrected chi connectivity index (χ3v) is 3.18. The lowest BCUT2D eigenvalue weighted by Gasteiger charge is -2.14. The van der Waals surface area contributed by atoms with Crippen LogP contribution >= 0.6 is 0 Å². The molecule has 0 aliphatic heterocycles. The zero-order valence-corrected chi connectivity index (χ0v) is 11.9.